The first-order chi connectivity index (χ1) is 50.5. The number of nitrogens with zero attached hydrogens (tertiary/aromatic N) is 9. The summed E-state index contributed by atoms with van der Waals surface area (Å²) in [4.78, 5) is 111. The molecule has 2 aromatic heterocycles. The topological polar surface area (TPSA) is 375 Å². The van der Waals surface area contributed by atoms with Crippen molar-refractivity contribution in [3.63, 3.8) is 0 Å². The number of likely N-dealkylation sites (tertiary alicyclic amines) is 4. The lowest BCUT2D eigenvalue weighted by atomic mass is 9.87. The van der Waals surface area contributed by atoms with Crippen molar-refractivity contribution in [2.45, 2.75) is 139 Å². The number of nitrogen functional groups attached to an aromatic ring is 2. The fourth-order valence-corrected chi connectivity index (χ4v) is 14.3. The Balaban J connectivity index is 0.000000194. The van der Waals surface area contributed by atoms with E-state index in [9.17, 15) is 81.9 Å². The molecule has 6 fully saturated rings. The Labute approximate surface area is 631 Å². The van der Waals surface area contributed by atoms with Gasteiger partial charge >= 0.3 is 24.6 Å². The second kappa shape index (κ2) is 35.6. The summed E-state index contributed by atoms with van der Waals surface area (Å²) in [5, 5.41) is 11.2. The number of primary amides is 3. The van der Waals surface area contributed by atoms with E-state index in [1.54, 1.807) is 30.6 Å². The molecule has 3 aromatic carbocycles. The number of nitrogens with one attached hydrogen (secondary N) is 4. The highest BCUT2D eigenvalue weighted by Gasteiger charge is 2.47. The van der Waals surface area contributed by atoms with Gasteiger partial charge in [0.25, 0.3) is 0 Å². The van der Waals surface area contributed by atoms with Crippen LogP contribution < -0.4 is 54.8 Å². The summed E-state index contributed by atoms with van der Waals surface area (Å²) >= 11 is 22.8. The molecule has 6 aliphatic heterocycles. The predicted molar refractivity (Wildman–Crippen MR) is 378 cm³/mol. The largest absolute Gasteiger partial charge is 0.444 e. The Kier molecular flexibility index (Phi) is 27.9. The van der Waals surface area contributed by atoms with Crippen LogP contribution in [0.4, 0.5) is 87.6 Å². The number of hydrogen-bond acceptors (Lipinski definition) is 19. The minimum absolute atomic E-state index is 0.0466. The number of hydrogen-bond donors (Lipinski definition) is 9. The summed E-state index contributed by atoms with van der Waals surface area (Å²) in [6, 6.07) is 5.06. The molecular formula is C67H79Cl4F11N18O8. The smallest absolute Gasteiger partial charge is 0.416 e. The van der Waals surface area contributed by atoms with Crippen LogP contribution in [0, 0.1) is 29.4 Å². The van der Waals surface area contributed by atoms with Crippen LogP contribution >= 0.6 is 46.4 Å². The molecule has 6 saturated heterocycles. The van der Waals surface area contributed by atoms with Crippen molar-refractivity contribution < 1.29 is 86.6 Å². The van der Waals surface area contributed by atoms with Crippen molar-refractivity contribution in [3.8, 4) is 0 Å². The number of carbonyl (C=O) groups excluding carboxylic acids is 7. The van der Waals surface area contributed by atoms with Gasteiger partial charge in [-0.15, -0.1) is 0 Å². The maximum absolute atomic E-state index is 14.6. The second-order valence-electron chi connectivity index (χ2n) is 27.2. The fraction of sp³-hybridized carbons (Fsp3) is 0.507. The summed E-state index contributed by atoms with van der Waals surface area (Å²) in [6.45, 7) is 8.08. The average Bonchev–Trinajstić information content (AvgIpc) is 0.790. The van der Waals surface area contributed by atoms with Crippen LogP contribution in [0.3, 0.4) is 0 Å². The standard InChI is InChI=1S/C23H30ClF3N4O4.C22H24ClF4N7O2.C18H22ClF3N4O2.C4H3ClFN3/c1-22(2,3)35-21(34)30-8-6-16(19(28)32)18(12-30)31-7-4-5-17(20(31)33)29-15-10-13(23(25,26)27)9-14(24)11-15;23-12-6-11(22(25,26)27)7-13(8-12)32-15-2-1-4-34(21(15)36)16-9-33(5-3-14(16)19(29)35)20-17(24)18(28)30-10-31-20;19-11-6-10(18(20,21)22)7-12(8-11)25-14-2-1-5-26(17(14)28)15-9-24-4-3-13(15)16(23)27;5-3-2(6)4(7)9-1-8-3/h9-11,16-18,29H,4-8,12H2,1-3H3,(H2,28,32);6-8,10,14-16,32H,1-5,9H2,(H2,29,35)(H2,28,30,31);6-8,13-15,24-25H,1-5,9H2,(H2,23,27);1H,(H2,7,8,9)/t16-,17?,18-;14-,15?,16-;13-,14?,15-;/m000./s1. The molecule has 26 nitrogen and oxygen atoms in total. The molecule has 0 saturated carbocycles. The molecule has 5 aromatic rings. The third-order valence-electron chi connectivity index (χ3n) is 18.6. The molecule has 7 amide bonds. The number of piperidine rings is 6. The molecule has 3 unspecified atom stereocenters. The molecule has 9 atom stereocenters. The van der Waals surface area contributed by atoms with E-state index in [2.05, 4.69) is 41.2 Å². The summed E-state index contributed by atoms with van der Waals surface area (Å²) < 4.78 is 151. The van der Waals surface area contributed by atoms with E-state index < -0.39 is 130 Å². The Morgan fingerprint density at radius 3 is 1.27 bits per heavy atom. The Bertz CT molecular complexity index is 4070. The number of ether oxygens (including phenoxy) is 1. The van der Waals surface area contributed by atoms with Gasteiger partial charge in [-0.2, -0.15) is 48.3 Å². The van der Waals surface area contributed by atoms with E-state index in [0.717, 1.165) is 49.1 Å². The lowest BCUT2D eigenvalue weighted by Gasteiger charge is -2.46. The van der Waals surface area contributed by atoms with E-state index in [-0.39, 0.29) is 112 Å². The highest BCUT2D eigenvalue weighted by molar-refractivity contribution is 6.31. The van der Waals surface area contributed by atoms with Crippen LogP contribution in [-0.2, 0) is 52.0 Å². The van der Waals surface area contributed by atoms with Crippen LogP contribution in [0.25, 0.3) is 0 Å². The lowest BCUT2D eigenvalue weighted by molar-refractivity contribution is -0.143. The molecular weight excluding hydrogens is 1540 g/mol. The van der Waals surface area contributed by atoms with E-state index >= 15 is 0 Å². The number of aromatic nitrogens is 4. The quantitative estimate of drug-likeness (QED) is 0.0391. The summed E-state index contributed by atoms with van der Waals surface area (Å²) in [5.74, 6) is -6.64. The van der Waals surface area contributed by atoms with E-state index in [4.69, 9.17) is 79.8 Å². The molecule has 108 heavy (non-hydrogen) atoms. The van der Waals surface area contributed by atoms with Crippen molar-refractivity contribution in [2.24, 2.45) is 35.0 Å². The molecule has 0 spiro atoms. The lowest BCUT2D eigenvalue weighted by Crippen LogP contribution is -2.62. The summed E-state index contributed by atoms with van der Waals surface area (Å²) in [5.41, 5.74) is 24.1. The van der Waals surface area contributed by atoms with Crippen molar-refractivity contribution >= 4 is 122 Å². The van der Waals surface area contributed by atoms with Gasteiger partial charge in [0.1, 0.15) is 36.4 Å². The number of nitrogens with two attached hydrogens (primary N) is 5. The molecule has 590 valence electrons. The number of halogens is 15. The van der Waals surface area contributed by atoms with Crippen LogP contribution in [0.2, 0.25) is 20.2 Å². The van der Waals surface area contributed by atoms with Gasteiger partial charge in [0.15, 0.2) is 22.6 Å². The molecule has 14 N–H and O–H groups in total. The second-order valence-corrected chi connectivity index (χ2v) is 28.9. The third kappa shape index (κ3) is 22.2. The van der Waals surface area contributed by atoms with Gasteiger partial charge in [-0.05, 0) is 140 Å². The normalized spacial score (nSPS) is 23.0. The van der Waals surface area contributed by atoms with Crippen molar-refractivity contribution in [1.82, 2.24) is 44.9 Å². The summed E-state index contributed by atoms with van der Waals surface area (Å²) in [6.07, 6.45) is -8.06. The number of alkyl halides is 9. The van der Waals surface area contributed by atoms with E-state index in [1.165, 1.54) is 32.9 Å². The molecule has 0 bridgehead atoms. The van der Waals surface area contributed by atoms with Crippen molar-refractivity contribution in [2.75, 3.05) is 91.2 Å². The molecule has 11 rings (SSSR count). The SMILES string of the molecule is CC(C)(C)OC(=O)N1CC[C@H](C(N)=O)[C@@H](N2CCCC(Nc3cc(Cl)cc(C(F)(F)F)c3)C2=O)C1.NC(=O)[C@H]1CCN(c2ncnc(N)c2F)C[C@@H]1N1CCCC(Nc2cc(Cl)cc(C(F)(F)F)c2)C1=O.NC(=O)[C@H]1CCNC[C@@H]1N1CCCC(Nc2cc(Cl)cc(C(F)(F)F)c2)C1=O.Nc1ncnc(Cl)c1F. The van der Waals surface area contributed by atoms with Gasteiger partial charge in [0.2, 0.25) is 47.1 Å². The molecule has 0 aliphatic carbocycles. The zero-order valence-corrected chi connectivity index (χ0v) is 61.1. The Hall–Kier alpha value is -8.94. The maximum atomic E-state index is 14.6. The van der Waals surface area contributed by atoms with E-state index in [0.29, 0.717) is 77.7 Å². The molecule has 41 heteroatoms. The monoisotopic (exact) mass is 1610 g/mol. The number of anilines is 6. The van der Waals surface area contributed by atoms with Gasteiger partial charge in [-0.1, -0.05) is 46.4 Å². The highest BCUT2D eigenvalue weighted by atomic mass is 35.5. The summed E-state index contributed by atoms with van der Waals surface area (Å²) in [7, 11) is 0. The number of rotatable bonds is 13. The van der Waals surface area contributed by atoms with Gasteiger partial charge in [-0.3, -0.25) is 28.8 Å². The van der Waals surface area contributed by atoms with Gasteiger partial charge in [0, 0.05) is 84.5 Å². The van der Waals surface area contributed by atoms with Crippen molar-refractivity contribution in [1.29, 1.82) is 0 Å². The average molecular weight is 1620 g/mol. The van der Waals surface area contributed by atoms with Crippen molar-refractivity contribution in [3.05, 3.63) is 116 Å². The Morgan fingerprint density at radius 2 is 0.880 bits per heavy atom. The number of carbonyl (C=O) groups is 7. The van der Waals surface area contributed by atoms with Gasteiger partial charge in [-0.25, -0.2) is 24.7 Å². The van der Waals surface area contributed by atoms with Gasteiger partial charge in [0.05, 0.1) is 52.6 Å². The first-order valence-corrected chi connectivity index (χ1v) is 35.3. The van der Waals surface area contributed by atoms with Crippen LogP contribution in [0.5, 0.6) is 0 Å². The third-order valence-corrected chi connectivity index (χ3v) is 19.5. The Morgan fingerprint density at radius 1 is 0.500 bits per heavy atom. The first-order valence-electron chi connectivity index (χ1n) is 33.8. The first kappa shape index (κ1) is 84.7. The fourth-order valence-electron chi connectivity index (χ4n) is 13.5. The van der Waals surface area contributed by atoms with Crippen LogP contribution in [-0.4, -0.2) is 182 Å². The van der Waals surface area contributed by atoms with Crippen LogP contribution in [0.1, 0.15) is 95.2 Å². The molecule has 8 heterocycles. The predicted octanol–water partition coefficient (Wildman–Crippen LogP) is 9.60. The maximum Gasteiger partial charge on any atom is 0.416 e. The number of benzene rings is 3. The number of amides is 7. The highest BCUT2D eigenvalue weighted by Crippen LogP contribution is 2.39. The molecule has 0 radical (unpaired) electrons. The molecule has 6 aliphatic rings. The zero-order chi connectivity index (χ0) is 79.7. The minimum atomic E-state index is -4.61. The van der Waals surface area contributed by atoms with Gasteiger partial charge < -0.3 is 79.2 Å². The van der Waals surface area contributed by atoms with E-state index in [1.807, 2.05) is 0 Å². The van der Waals surface area contributed by atoms with Crippen LogP contribution in [0.15, 0.2) is 67.3 Å². The zero-order valence-electron chi connectivity index (χ0n) is 58.1. The minimum Gasteiger partial charge on any atom is -0.444 e.